The minimum atomic E-state index is -1.06. The van der Waals surface area contributed by atoms with E-state index < -0.39 is 24.5 Å². The van der Waals surface area contributed by atoms with Crippen LogP contribution in [0.5, 0.6) is 0 Å². The van der Waals surface area contributed by atoms with Gasteiger partial charge in [0.15, 0.2) is 0 Å². The number of carbonyl (C=O) groups excluding carboxylic acids is 4. The second kappa shape index (κ2) is 36.0. The molecule has 0 aliphatic heterocycles. The first-order valence-corrected chi connectivity index (χ1v) is 19.6. The van der Waals surface area contributed by atoms with Crippen molar-refractivity contribution in [3.05, 3.63) is 35.9 Å². The second-order valence-corrected chi connectivity index (χ2v) is 12.8. The van der Waals surface area contributed by atoms with Crippen molar-refractivity contribution in [3.63, 3.8) is 0 Å². The molecule has 1 rings (SSSR count). The minimum Gasteiger partial charge on any atom is -0.480 e. The van der Waals surface area contributed by atoms with E-state index in [1.807, 2.05) is 30.3 Å². The lowest BCUT2D eigenvalue weighted by atomic mass is 10.1. The number of hydrogen-bond acceptors (Lipinski definition) is 11. The maximum Gasteiger partial charge on any atom is 0.329 e. The number of amides is 4. The molecule has 4 amide bonds. The van der Waals surface area contributed by atoms with Gasteiger partial charge < -0.3 is 54.8 Å². The number of carboxylic acid groups (broad SMARTS) is 1. The average Bonchev–Trinajstić information content (AvgIpc) is 3.17. The van der Waals surface area contributed by atoms with E-state index in [1.54, 1.807) is 0 Å². The Hall–Kier alpha value is -3.67. The highest BCUT2D eigenvalue weighted by molar-refractivity contribution is 5.88. The first-order valence-electron chi connectivity index (χ1n) is 19.6. The molecule has 5 N–H and O–H groups in total. The van der Waals surface area contributed by atoms with Gasteiger partial charge in [-0.3, -0.25) is 19.2 Å². The van der Waals surface area contributed by atoms with Crippen molar-refractivity contribution >= 4 is 29.6 Å². The van der Waals surface area contributed by atoms with Crippen molar-refractivity contribution < 1.29 is 57.5 Å². The highest BCUT2D eigenvalue weighted by atomic mass is 16.5. The summed E-state index contributed by atoms with van der Waals surface area (Å²) in [7, 11) is 0. The monoisotopic (exact) mass is 782 g/mol. The van der Waals surface area contributed by atoms with Gasteiger partial charge in [-0.2, -0.15) is 0 Å². The molecule has 1 aromatic rings. The quantitative estimate of drug-likeness (QED) is 0.0612. The fraction of sp³-hybridized carbons (Fsp3) is 0.718. The third-order valence-corrected chi connectivity index (χ3v) is 7.93. The number of unbranched alkanes of at least 4 members (excludes halogenated alkanes) is 8. The molecule has 0 saturated heterocycles. The molecule has 0 aromatic heterocycles. The topological polar surface area (TPSA) is 209 Å². The van der Waals surface area contributed by atoms with Crippen LogP contribution in [0.4, 0.5) is 0 Å². The van der Waals surface area contributed by atoms with Crippen LogP contribution in [0.3, 0.4) is 0 Å². The second-order valence-electron chi connectivity index (χ2n) is 12.8. The van der Waals surface area contributed by atoms with E-state index in [2.05, 4.69) is 28.2 Å². The zero-order valence-corrected chi connectivity index (χ0v) is 32.8. The zero-order chi connectivity index (χ0) is 40.0. The van der Waals surface area contributed by atoms with Gasteiger partial charge in [-0.05, 0) is 12.0 Å². The third-order valence-electron chi connectivity index (χ3n) is 7.93. The Balaban J connectivity index is 2.03. The molecule has 16 heteroatoms. The van der Waals surface area contributed by atoms with E-state index >= 15 is 0 Å². The van der Waals surface area contributed by atoms with Crippen molar-refractivity contribution in [2.45, 2.75) is 83.6 Å². The molecule has 0 aliphatic rings. The van der Waals surface area contributed by atoms with Gasteiger partial charge in [0, 0.05) is 32.5 Å². The normalized spacial score (nSPS) is 11.5. The van der Waals surface area contributed by atoms with Gasteiger partial charge in [-0.1, -0.05) is 88.6 Å². The smallest absolute Gasteiger partial charge is 0.329 e. The molecular formula is C39H66N4O12. The molecular weight excluding hydrogens is 716 g/mol. The number of ether oxygens (including phenoxy) is 6. The molecule has 16 nitrogen and oxygen atoms in total. The van der Waals surface area contributed by atoms with Gasteiger partial charge >= 0.3 is 5.97 Å². The van der Waals surface area contributed by atoms with Crippen LogP contribution in [0, 0.1) is 0 Å². The Morgan fingerprint density at radius 3 is 1.58 bits per heavy atom. The summed E-state index contributed by atoms with van der Waals surface area (Å²) in [6.45, 7) is 4.36. The van der Waals surface area contributed by atoms with E-state index in [4.69, 9.17) is 33.5 Å². The van der Waals surface area contributed by atoms with Crippen LogP contribution < -0.4 is 21.3 Å². The van der Waals surface area contributed by atoms with Crippen LogP contribution in [-0.2, 0) is 58.8 Å². The molecule has 0 heterocycles. The van der Waals surface area contributed by atoms with Crippen LogP contribution in [0.15, 0.2) is 30.3 Å². The zero-order valence-electron chi connectivity index (χ0n) is 32.8. The van der Waals surface area contributed by atoms with Crippen molar-refractivity contribution in [2.24, 2.45) is 0 Å². The van der Waals surface area contributed by atoms with Gasteiger partial charge in [0.2, 0.25) is 23.6 Å². The summed E-state index contributed by atoms with van der Waals surface area (Å²) in [5, 5.41) is 19.5. The van der Waals surface area contributed by atoms with Gasteiger partial charge in [0.25, 0.3) is 0 Å². The number of aliphatic carboxylic acids is 1. The largest absolute Gasteiger partial charge is 0.480 e. The first-order chi connectivity index (χ1) is 26.8. The highest BCUT2D eigenvalue weighted by Crippen LogP contribution is 2.10. The first kappa shape index (κ1) is 49.3. The van der Waals surface area contributed by atoms with E-state index in [0.29, 0.717) is 26.2 Å². The minimum absolute atomic E-state index is 0.0483. The third kappa shape index (κ3) is 32.3. The molecule has 0 fully saturated rings. The van der Waals surface area contributed by atoms with E-state index in [0.717, 1.165) is 18.4 Å². The fourth-order valence-electron chi connectivity index (χ4n) is 5.07. The summed E-state index contributed by atoms with van der Waals surface area (Å²) in [5.41, 5.74) is 0.865. The summed E-state index contributed by atoms with van der Waals surface area (Å²) in [5.74, 6) is -2.15. The Kier molecular flexibility index (Phi) is 32.3. The molecule has 0 aliphatic carbocycles. The molecule has 0 saturated carbocycles. The number of benzene rings is 1. The number of hydrogen-bond donors (Lipinski definition) is 5. The molecule has 314 valence electrons. The Labute approximate surface area is 326 Å². The summed E-state index contributed by atoms with van der Waals surface area (Å²) in [6.07, 6.45) is 11.8. The molecule has 55 heavy (non-hydrogen) atoms. The SMILES string of the molecule is CCCCCCCCCCCC(=O)NCCOCCOCC(=O)NCCOCCOCC(=O)NC(Cc1ccccc1)C(=O)NCCOCCOCC(=O)O. The highest BCUT2D eigenvalue weighted by Gasteiger charge is 2.21. The van der Waals surface area contributed by atoms with Crippen molar-refractivity contribution in [1.29, 1.82) is 0 Å². The molecule has 0 bridgehead atoms. The van der Waals surface area contributed by atoms with Crippen LogP contribution >= 0.6 is 0 Å². The number of nitrogens with one attached hydrogen (secondary N) is 4. The average molecular weight is 783 g/mol. The van der Waals surface area contributed by atoms with Crippen molar-refractivity contribution in [3.8, 4) is 0 Å². The Morgan fingerprint density at radius 1 is 0.545 bits per heavy atom. The van der Waals surface area contributed by atoms with Crippen LogP contribution in [0.25, 0.3) is 0 Å². The fourth-order valence-corrected chi connectivity index (χ4v) is 5.07. The summed E-state index contributed by atoms with van der Waals surface area (Å²) >= 11 is 0. The predicted molar refractivity (Wildman–Crippen MR) is 205 cm³/mol. The maximum atomic E-state index is 12.8. The maximum absolute atomic E-state index is 12.8. The molecule has 1 atom stereocenters. The number of rotatable bonds is 38. The lowest BCUT2D eigenvalue weighted by Crippen LogP contribution is -2.49. The Morgan fingerprint density at radius 2 is 1.02 bits per heavy atom. The van der Waals surface area contributed by atoms with Crippen molar-refractivity contribution in [2.75, 3.05) is 98.9 Å². The standard InChI is InChI=1S/C39H66N4O12/c1-2-3-4-5-6-7-8-9-13-16-35(44)40-17-20-50-23-26-53-30-36(45)41-18-21-51-24-27-54-31-37(46)43-34(29-33-14-11-10-12-15-33)39(49)42-19-22-52-25-28-55-32-38(47)48/h10-12,14-15,34H,2-9,13,16-32H2,1H3,(H,40,44)(H,41,45)(H,42,49)(H,43,46)(H,47,48). The summed E-state index contributed by atoms with van der Waals surface area (Å²) < 4.78 is 31.8. The van der Waals surface area contributed by atoms with Crippen LogP contribution in [0.1, 0.15) is 76.7 Å². The van der Waals surface area contributed by atoms with E-state index in [1.165, 1.54) is 44.9 Å². The lowest BCUT2D eigenvalue weighted by molar-refractivity contribution is -0.142. The van der Waals surface area contributed by atoms with Gasteiger partial charge in [-0.15, -0.1) is 0 Å². The van der Waals surface area contributed by atoms with Gasteiger partial charge in [0.05, 0.1) is 59.5 Å². The van der Waals surface area contributed by atoms with E-state index in [9.17, 15) is 24.0 Å². The number of carbonyl (C=O) groups is 5. The lowest BCUT2D eigenvalue weighted by Gasteiger charge is -2.19. The van der Waals surface area contributed by atoms with Crippen LogP contribution in [0.2, 0.25) is 0 Å². The Bertz CT molecular complexity index is 1150. The van der Waals surface area contributed by atoms with Gasteiger partial charge in [-0.25, -0.2) is 4.79 Å². The molecule has 0 radical (unpaired) electrons. The summed E-state index contributed by atoms with van der Waals surface area (Å²) in [4.78, 5) is 59.7. The molecule has 1 aromatic carbocycles. The predicted octanol–water partition coefficient (Wildman–Crippen LogP) is 2.17. The molecule has 0 spiro atoms. The van der Waals surface area contributed by atoms with Crippen molar-refractivity contribution in [1.82, 2.24) is 21.3 Å². The molecule has 1 unspecified atom stereocenters. The van der Waals surface area contributed by atoms with Crippen LogP contribution in [-0.4, -0.2) is 140 Å². The summed E-state index contributed by atoms with van der Waals surface area (Å²) in [6, 6.07) is 8.42. The number of carboxylic acids is 1. The van der Waals surface area contributed by atoms with Gasteiger partial charge in [0.1, 0.15) is 25.9 Å². The van der Waals surface area contributed by atoms with E-state index in [-0.39, 0.29) is 96.7 Å².